The average Bonchev–Trinajstić information content (AvgIpc) is 3.27. The van der Waals surface area contributed by atoms with Gasteiger partial charge in [0.15, 0.2) is 11.6 Å². The van der Waals surface area contributed by atoms with Crippen LogP contribution in [0.2, 0.25) is 0 Å². The van der Waals surface area contributed by atoms with Crippen molar-refractivity contribution >= 4 is 38.7 Å². The quantitative estimate of drug-likeness (QED) is 0.330. The van der Waals surface area contributed by atoms with Crippen molar-refractivity contribution in [2.75, 3.05) is 5.32 Å². The lowest BCUT2D eigenvalue weighted by Crippen LogP contribution is -2.27. The van der Waals surface area contributed by atoms with Gasteiger partial charge in [-0.15, -0.1) is 0 Å². The van der Waals surface area contributed by atoms with E-state index in [4.69, 9.17) is 9.47 Å². The minimum absolute atomic E-state index is 0.245. The molecule has 0 spiro atoms. The van der Waals surface area contributed by atoms with Gasteiger partial charge < -0.3 is 9.47 Å². The van der Waals surface area contributed by atoms with Gasteiger partial charge in [-0.3, -0.25) is 10.3 Å². The monoisotopic (exact) mass is 524 g/mol. The molecule has 4 rings (SSSR count). The van der Waals surface area contributed by atoms with Gasteiger partial charge in [0.1, 0.15) is 22.0 Å². The third-order valence-electron chi connectivity index (χ3n) is 4.73. The van der Waals surface area contributed by atoms with Crippen LogP contribution in [0.3, 0.4) is 0 Å². The van der Waals surface area contributed by atoms with Crippen molar-refractivity contribution in [1.82, 2.24) is 24.7 Å². The van der Waals surface area contributed by atoms with Gasteiger partial charge in [0.05, 0.1) is 11.2 Å². The van der Waals surface area contributed by atoms with Crippen LogP contribution in [0, 0.1) is 6.92 Å². The number of nitrogens with zero attached hydrogens (tertiary/aromatic N) is 5. The van der Waals surface area contributed by atoms with E-state index in [0.717, 1.165) is 16.8 Å². The van der Waals surface area contributed by atoms with Gasteiger partial charge in [0.2, 0.25) is 0 Å². The van der Waals surface area contributed by atoms with E-state index < -0.39 is 17.8 Å². The van der Waals surface area contributed by atoms with Crippen molar-refractivity contribution in [1.29, 1.82) is 0 Å². The highest BCUT2D eigenvalue weighted by Crippen LogP contribution is 2.33. The SMILES string of the molecule is Cc1cc2nc(NC(=O)OC(C)(C)C)c(O[C@@H](C)c3nc(Br)ccc3-n3cccn3)cc2cn1. The fraction of sp³-hybridized carbons (Fsp3) is 0.292. The van der Waals surface area contributed by atoms with Crippen LogP contribution >= 0.6 is 15.9 Å². The average molecular weight is 525 g/mol. The van der Waals surface area contributed by atoms with E-state index in [1.165, 1.54) is 0 Å². The van der Waals surface area contributed by atoms with Crippen molar-refractivity contribution < 1.29 is 14.3 Å². The number of hydrogen-bond acceptors (Lipinski definition) is 7. The molecule has 0 radical (unpaired) electrons. The van der Waals surface area contributed by atoms with Crippen molar-refractivity contribution in [2.24, 2.45) is 0 Å². The Morgan fingerprint density at radius 3 is 2.71 bits per heavy atom. The Labute approximate surface area is 205 Å². The Kier molecular flexibility index (Phi) is 6.52. The predicted octanol–water partition coefficient (Wildman–Crippen LogP) is 5.77. The summed E-state index contributed by atoms with van der Waals surface area (Å²) in [6.45, 7) is 9.14. The number of nitrogens with one attached hydrogen (secondary N) is 1. The molecule has 1 atom stereocenters. The summed E-state index contributed by atoms with van der Waals surface area (Å²) in [4.78, 5) is 26.1. The third kappa shape index (κ3) is 5.51. The van der Waals surface area contributed by atoms with Gasteiger partial charge >= 0.3 is 6.09 Å². The first-order valence-corrected chi connectivity index (χ1v) is 11.5. The maximum absolute atomic E-state index is 12.5. The van der Waals surface area contributed by atoms with E-state index in [2.05, 4.69) is 41.3 Å². The smallest absolute Gasteiger partial charge is 0.413 e. The topological polar surface area (TPSA) is 104 Å². The van der Waals surface area contributed by atoms with Gasteiger partial charge in [-0.1, -0.05) is 0 Å². The van der Waals surface area contributed by atoms with Crippen molar-refractivity contribution in [2.45, 2.75) is 46.3 Å². The lowest BCUT2D eigenvalue weighted by molar-refractivity contribution is 0.0634. The highest BCUT2D eigenvalue weighted by Gasteiger charge is 2.22. The van der Waals surface area contributed by atoms with E-state index in [1.54, 1.807) is 43.9 Å². The number of carbonyl (C=O) groups excluding carboxylic acids is 1. The molecule has 0 bridgehead atoms. The van der Waals surface area contributed by atoms with Crippen LogP contribution in [0.1, 0.15) is 45.2 Å². The summed E-state index contributed by atoms with van der Waals surface area (Å²) in [7, 11) is 0. The molecular weight excluding hydrogens is 500 g/mol. The van der Waals surface area contributed by atoms with Gasteiger partial charge in [0.25, 0.3) is 0 Å². The zero-order valence-electron chi connectivity index (χ0n) is 19.5. The van der Waals surface area contributed by atoms with Crippen LogP contribution < -0.4 is 10.1 Å². The highest BCUT2D eigenvalue weighted by atomic mass is 79.9. The molecule has 0 fully saturated rings. The van der Waals surface area contributed by atoms with E-state index >= 15 is 0 Å². The number of aryl methyl sites for hydroxylation is 1. The van der Waals surface area contributed by atoms with E-state index in [0.29, 0.717) is 21.6 Å². The summed E-state index contributed by atoms with van der Waals surface area (Å²) in [5.74, 6) is 0.611. The first-order valence-electron chi connectivity index (χ1n) is 10.7. The zero-order valence-corrected chi connectivity index (χ0v) is 21.1. The van der Waals surface area contributed by atoms with Crippen LogP contribution in [0.5, 0.6) is 5.75 Å². The summed E-state index contributed by atoms with van der Waals surface area (Å²) in [6, 6.07) is 9.22. The second-order valence-corrected chi connectivity index (χ2v) is 9.54. The predicted molar refractivity (Wildman–Crippen MR) is 132 cm³/mol. The Balaban J connectivity index is 1.73. The molecule has 4 heterocycles. The Morgan fingerprint density at radius 2 is 2.00 bits per heavy atom. The summed E-state index contributed by atoms with van der Waals surface area (Å²) in [5, 5.41) is 7.82. The maximum atomic E-state index is 12.5. The van der Waals surface area contributed by atoms with Crippen LogP contribution in [0.4, 0.5) is 10.6 Å². The van der Waals surface area contributed by atoms with Crippen LogP contribution in [-0.4, -0.2) is 36.4 Å². The molecule has 0 aliphatic heterocycles. The van der Waals surface area contributed by atoms with Gasteiger partial charge in [-0.25, -0.2) is 19.4 Å². The molecule has 4 aromatic heterocycles. The minimum Gasteiger partial charge on any atom is -0.480 e. The molecule has 9 nitrogen and oxygen atoms in total. The first kappa shape index (κ1) is 23.6. The summed E-state index contributed by atoms with van der Waals surface area (Å²) >= 11 is 3.44. The Hall–Kier alpha value is -3.53. The number of carbonyl (C=O) groups is 1. The van der Waals surface area contributed by atoms with Gasteiger partial charge in [0, 0.05) is 29.7 Å². The van der Waals surface area contributed by atoms with Crippen molar-refractivity contribution in [3.8, 4) is 11.4 Å². The minimum atomic E-state index is -0.658. The zero-order chi connectivity index (χ0) is 24.5. The largest absolute Gasteiger partial charge is 0.480 e. The van der Waals surface area contributed by atoms with Gasteiger partial charge in [-0.05, 0) is 80.9 Å². The number of anilines is 1. The lowest BCUT2D eigenvalue weighted by Gasteiger charge is -2.22. The molecule has 1 amide bonds. The summed E-state index contributed by atoms with van der Waals surface area (Å²) < 4.78 is 14.1. The highest BCUT2D eigenvalue weighted by molar-refractivity contribution is 9.10. The molecule has 0 aliphatic carbocycles. The standard InChI is InChI=1S/C24H25BrN6O3/c1-14-11-17-16(13-26-14)12-19(22(28-17)30-23(32)34-24(3,4)5)33-15(2)21-18(7-8-20(25)29-21)31-10-6-9-27-31/h6-13,15H,1-5H3,(H,28,30,32)/t15-/m0/s1. The number of amides is 1. The number of hydrogen-bond donors (Lipinski definition) is 1. The molecule has 0 saturated heterocycles. The summed E-state index contributed by atoms with van der Waals surface area (Å²) in [5.41, 5.74) is 2.26. The van der Waals surface area contributed by atoms with Crippen LogP contribution in [0.15, 0.2) is 53.5 Å². The van der Waals surface area contributed by atoms with E-state index in [1.807, 2.05) is 44.3 Å². The molecule has 34 heavy (non-hydrogen) atoms. The van der Waals surface area contributed by atoms with E-state index in [9.17, 15) is 4.79 Å². The summed E-state index contributed by atoms with van der Waals surface area (Å²) in [6.07, 6.45) is 4.12. The second kappa shape index (κ2) is 9.38. The van der Waals surface area contributed by atoms with Crippen LogP contribution in [0.25, 0.3) is 16.6 Å². The number of pyridine rings is 3. The number of rotatable bonds is 5. The number of fused-ring (bicyclic) bond motifs is 1. The Bertz CT molecular complexity index is 1330. The molecule has 4 aromatic rings. The Morgan fingerprint density at radius 1 is 1.21 bits per heavy atom. The molecular formula is C24H25BrN6O3. The lowest BCUT2D eigenvalue weighted by atomic mass is 10.2. The first-order chi connectivity index (χ1) is 16.1. The fourth-order valence-corrected chi connectivity index (χ4v) is 3.65. The van der Waals surface area contributed by atoms with Crippen molar-refractivity contribution in [3.63, 3.8) is 0 Å². The third-order valence-corrected chi connectivity index (χ3v) is 5.17. The normalized spacial score (nSPS) is 12.4. The molecule has 0 aromatic carbocycles. The molecule has 0 unspecified atom stereocenters. The number of ether oxygens (including phenoxy) is 2. The maximum Gasteiger partial charge on any atom is 0.413 e. The fourth-order valence-electron chi connectivity index (χ4n) is 3.32. The number of aromatic nitrogens is 5. The number of halogens is 1. The van der Waals surface area contributed by atoms with Crippen molar-refractivity contribution in [3.05, 3.63) is 64.9 Å². The van der Waals surface area contributed by atoms with Crippen LogP contribution in [-0.2, 0) is 4.74 Å². The van der Waals surface area contributed by atoms with E-state index in [-0.39, 0.29) is 5.82 Å². The van der Waals surface area contributed by atoms with Gasteiger partial charge in [-0.2, -0.15) is 5.10 Å². The molecule has 176 valence electrons. The molecule has 1 N–H and O–H groups in total. The molecule has 10 heteroatoms. The molecule has 0 saturated carbocycles. The molecule has 0 aliphatic rings. The second-order valence-electron chi connectivity index (χ2n) is 8.73.